The zero-order valence-corrected chi connectivity index (χ0v) is 8.82. The van der Waals surface area contributed by atoms with Gasteiger partial charge in [-0.15, -0.1) is 0 Å². The molecule has 3 N–H and O–H groups in total. The molecule has 1 saturated heterocycles. The van der Waals surface area contributed by atoms with Gasteiger partial charge in [0.1, 0.15) is 5.82 Å². The monoisotopic (exact) mass is 193 g/mol. The van der Waals surface area contributed by atoms with Gasteiger partial charge in [0.15, 0.2) is 0 Å². The number of rotatable bonds is 1. The van der Waals surface area contributed by atoms with Gasteiger partial charge in [-0.25, -0.2) is 4.98 Å². The second-order valence-electron chi connectivity index (χ2n) is 3.86. The molecule has 14 heavy (non-hydrogen) atoms. The molecule has 2 heterocycles. The molecule has 78 valence electrons. The highest BCUT2D eigenvalue weighted by Crippen LogP contribution is 2.20. The lowest BCUT2D eigenvalue weighted by atomic mass is 9.99. The quantitative estimate of drug-likeness (QED) is 0.745. The second kappa shape index (κ2) is 4.96. The number of hydrogen-bond acceptors (Lipinski definition) is 3. The van der Waals surface area contributed by atoms with Gasteiger partial charge in [-0.05, 0) is 30.9 Å². The van der Waals surface area contributed by atoms with Crippen LogP contribution in [0, 0.1) is 5.92 Å². The lowest BCUT2D eigenvalue weighted by Gasteiger charge is -2.31. The molecule has 1 aliphatic heterocycles. The van der Waals surface area contributed by atoms with Crippen LogP contribution in [-0.4, -0.2) is 18.1 Å². The summed E-state index contributed by atoms with van der Waals surface area (Å²) in [5.41, 5.74) is 0. The van der Waals surface area contributed by atoms with E-state index >= 15 is 0 Å². The van der Waals surface area contributed by atoms with Gasteiger partial charge in [0, 0.05) is 19.3 Å². The Morgan fingerprint density at radius 3 is 2.57 bits per heavy atom. The lowest BCUT2D eigenvalue weighted by molar-refractivity contribution is 0.436. The average Bonchev–Trinajstić information content (AvgIpc) is 2.20. The van der Waals surface area contributed by atoms with Gasteiger partial charge in [-0.2, -0.15) is 0 Å². The Morgan fingerprint density at radius 2 is 2.00 bits per heavy atom. The van der Waals surface area contributed by atoms with E-state index in [9.17, 15) is 0 Å². The van der Waals surface area contributed by atoms with Crippen molar-refractivity contribution in [2.24, 2.45) is 5.92 Å². The topological polar surface area (TPSA) is 51.1 Å². The third-order valence-electron chi connectivity index (χ3n) is 2.76. The van der Waals surface area contributed by atoms with Crippen molar-refractivity contribution in [2.45, 2.75) is 19.8 Å². The first-order valence-electron chi connectivity index (χ1n) is 5.02. The van der Waals surface area contributed by atoms with Crippen LogP contribution in [0.2, 0.25) is 0 Å². The van der Waals surface area contributed by atoms with E-state index in [0.29, 0.717) is 0 Å². The Kier molecular flexibility index (Phi) is 3.89. The Bertz CT molecular complexity index is 252. The molecule has 0 atom stereocenters. The molecule has 0 saturated carbocycles. The predicted molar refractivity (Wildman–Crippen MR) is 59.9 cm³/mol. The first-order valence-corrected chi connectivity index (χ1v) is 5.02. The molecule has 2 rings (SSSR count). The van der Waals surface area contributed by atoms with E-state index in [1.54, 1.807) is 0 Å². The first kappa shape index (κ1) is 11.0. The molecule has 0 radical (unpaired) electrons. The van der Waals surface area contributed by atoms with E-state index in [0.717, 1.165) is 24.8 Å². The van der Waals surface area contributed by atoms with E-state index in [4.69, 9.17) is 0 Å². The molecule has 1 aromatic rings. The predicted octanol–water partition coefficient (Wildman–Crippen LogP) is 2.48. The first-order chi connectivity index (χ1) is 6.36. The zero-order chi connectivity index (χ0) is 9.10. The van der Waals surface area contributed by atoms with Crippen LogP contribution in [0.4, 0.5) is 5.82 Å². The Labute approximate surface area is 85.7 Å². The van der Waals surface area contributed by atoms with Gasteiger partial charge in [-0.1, -0.05) is 13.0 Å². The van der Waals surface area contributed by atoms with Crippen molar-refractivity contribution in [2.75, 3.05) is 18.0 Å². The number of hydrogen-bond donors (Lipinski definition) is 1. The standard InChI is InChI=1S/C11H16N2.H3N/c1-10-5-8-13(9-6-10)11-4-2-3-7-12-11;/h2-4,7,10H,5-6,8-9H2,1H3;1H3. The van der Waals surface area contributed by atoms with E-state index < -0.39 is 0 Å². The number of piperidine rings is 1. The van der Waals surface area contributed by atoms with Crippen LogP contribution < -0.4 is 11.1 Å². The summed E-state index contributed by atoms with van der Waals surface area (Å²) >= 11 is 0. The van der Waals surface area contributed by atoms with Crippen LogP contribution in [0.15, 0.2) is 24.4 Å². The SMILES string of the molecule is CC1CCN(c2ccccn2)CC1.N. The van der Waals surface area contributed by atoms with Gasteiger partial charge in [-0.3, -0.25) is 0 Å². The molecule has 1 aromatic heterocycles. The molecule has 3 nitrogen and oxygen atoms in total. The number of aromatic nitrogens is 1. The highest BCUT2D eigenvalue weighted by atomic mass is 15.2. The highest BCUT2D eigenvalue weighted by molar-refractivity contribution is 5.37. The van der Waals surface area contributed by atoms with Crippen molar-refractivity contribution in [3.05, 3.63) is 24.4 Å². The fourth-order valence-electron chi connectivity index (χ4n) is 1.78. The summed E-state index contributed by atoms with van der Waals surface area (Å²) in [5.74, 6) is 2.02. The van der Waals surface area contributed by atoms with Crippen LogP contribution in [0.5, 0.6) is 0 Å². The van der Waals surface area contributed by atoms with Gasteiger partial charge >= 0.3 is 0 Å². The minimum Gasteiger partial charge on any atom is -0.357 e. The fourth-order valence-corrected chi connectivity index (χ4v) is 1.78. The van der Waals surface area contributed by atoms with E-state index in [1.807, 2.05) is 12.3 Å². The zero-order valence-electron chi connectivity index (χ0n) is 8.82. The summed E-state index contributed by atoms with van der Waals surface area (Å²) in [4.78, 5) is 6.73. The minimum absolute atomic E-state index is 0. The second-order valence-corrected chi connectivity index (χ2v) is 3.86. The maximum absolute atomic E-state index is 4.35. The van der Waals surface area contributed by atoms with E-state index in [-0.39, 0.29) is 6.15 Å². The molecule has 0 spiro atoms. The maximum Gasteiger partial charge on any atom is 0.128 e. The van der Waals surface area contributed by atoms with Gasteiger partial charge in [0.05, 0.1) is 0 Å². The molecule has 0 bridgehead atoms. The largest absolute Gasteiger partial charge is 0.357 e. The normalized spacial score (nSPS) is 17.6. The molecule has 0 amide bonds. The molecule has 3 heteroatoms. The van der Waals surface area contributed by atoms with Crippen LogP contribution in [0.1, 0.15) is 19.8 Å². The van der Waals surface area contributed by atoms with Gasteiger partial charge < -0.3 is 11.1 Å². The fraction of sp³-hybridized carbons (Fsp3) is 0.545. The average molecular weight is 193 g/mol. The summed E-state index contributed by atoms with van der Waals surface area (Å²) < 4.78 is 0. The molecular formula is C11H19N3. The summed E-state index contributed by atoms with van der Waals surface area (Å²) in [5, 5.41) is 0. The van der Waals surface area contributed by atoms with Crippen molar-refractivity contribution < 1.29 is 0 Å². The van der Waals surface area contributed by atoms with E-state index in [2.05, 4.69) is 28.9 Å². The van der Waals surface area contributed by atoms with Crippen LogP contribution in [0.3, 0.4) is 0 Å². The van der Waals surface area contributed by atoms with Crippen LogP contribution >= 0.6 is 0 Å². The molecule has 1 aliphatic rings. The maximum atomic E-state index is 4.35. The van der Waals surface area contributed by atoms with Crippen LogP contribution in [-0.2, 0) is 0 Å². The lowest BCUT2D eigenvalue weighted by Crippen LogP contribution is -2.33. The van der Waals surface area contributed by atoms with Crippen molar-refractivity contribution in [3.8, 4) is 0 Å². The van der Waals surface area contributed by atoms with E-state index in [1.165, 1.54) is 12.8 Å². The Morgan fingerprint density at radius 1 is 1.29 bits per heavy atom. The summed E-state index contributed by atoms with van der Waals surface area (Å²) in [6.45, 7) is 4.66. The van der Waals surface area contributed by atoms with Gasteiger partial charge in [0.25, 0.3) is 0 Å². The molecule has 0 aliphatic carbocycles. The molecule has 1 fully saturated rings. The van der Waals surface area contributed by atoms with Crippen molar-refractivity contribution in [3.63, 3.8) is 0 Å². The number of anilines is 1. The Hall–Kier alpha value is -1.09. The third kappa shape index (κ3) is 2.45. The molecule has 0 aromatic carbocycles. The summed E-state index contributed by atoms with van der Waals surface area (Å²) in [6, 6.07) is 6.12. The molecule has 0 unspecified atom stereocenters. The van der Waals surface area contributed by atoms with Gasteiger partial charge in [0.2, 0.25) is 0 Å². The van der Waals surface area contributed by atoms with Crippen molar-refractivity contribution in [1.29, 1.82) is 0 Å². The van der Waals surface area contributed by atoms with Crippen molar-refractivity contribution in [1.82, 2.24) is 11.1 Å². The molecular weight excluding hydrogens is 174 g/mol. The third-order valence-corrected chi connectivity index (χ3v) is 2.76. The van der Waals surface area contributed by atoms with Crippen molar-refractivity contribution >= 4 is 5.82 Å². The smallest absolute Gasteiger partial charge is 0.128 e. The number of nitrogens with zero attached hydrogens (tertiary/aromatic N) is 2. The summed E-state index contributed by atoms with van der Waals surface area (Å²) in [6.07, 6.45) is 4.47. The van der Waals surface area contributed by atoms with Crippen LogP contribution in [0.25, 0.3) is 0 Å². The summed E-state index contributed by atoms with van der Waals surface area (Å²) in [7, 11) is 0. The number of pyridine rings is 1. The Balaban J connectivity index is 0.000000980. The minimum atomic E-state index is 0. The highest BCUT2D eigenvalue weighted by Gasteiger charge is 2.15.